The largest absolute Gasteiger partial charge is 0.593 e. The van der Waals surface area contributed by atoms with Crippen LogP contribution in [-0.4, -0.2) is 18.8 Å². The van der Waals surface area contributed by atoms with Gasteiger partial charge in [-0.25, -0.2) is 0 Å². The molecule has 13 heavy (non-hydrogen) atoms. The first-order chi connectivity index (χ1) is 5.57. The van der Waals surface area contributed by atoms with Crippen molar-refractivity contribution in [1.29, 1.82) is 0 Å². The molecule has 0 unspecified atom stereocenters. The van der Waals surface area contributed by atoms with Crippen LogP contribution < -0.4 is 0 Å². The van der Waals surface area contributed by atoms with Gasteiger partial charge in [-0.15, -0.1) is 0 Å². The predicted octanol–water partition coefficient (Wildman–Crippen LogP) is 2.43. The number of halogens is 2. The van der Waals surface area contributed by atoms with Gasteiger partial charge in [0.1, 0.15) is 42.3 Å². The van der Waals surface area contributed by atoms with Gasteiger partial charge in [-0.1, -0.05) is 0 Å². The molecule has 0 saturated heterocycles. The van der Waals surface area contributed by atoms with Crippen LogP contribution in [0.5, 0.6) is 0 Å². The number of nitrogens with zero attached hydrogens (tertiary/aromatic N) is 3. The number of rotatable bonds is 2. The number of hydrogen-bond acceptors (Lipinski definition) is 4. The van der Waals surface area contributed by atoms with E-state index in [1.165, 1.54) is 0 Å². The highest BCUT2D eigenvalue weighted by atomic mass is 79.9. The van der Waals surface area contributed by atoms with Crippen molar-refractivity contribution in [1.82, 2.24) is 0 Å². The van der Waals surface area contributed by atoms with Crippen molar-refractivity contribution in [2.24, 2.45) is 5.11 Å². The highest BCUT2D eigenvalue weighted by Gasteiger charge is 2.48. The lowest BCUT2D eigenvalue weighted by Crippen LogP contribution is -2.35. The third-order valence-electron chi connectivity index (χ3n) is 0.841. The van der Waals surface area contributed by atoms with Crippen LogP contribution in [0.1, 0.15) is 20.8 Å². The fourth-order valence-corrected chi connectivity index (χ4v) is 0.561. The minimum atomic E-state index is -2.08. The van der Waals surface area contributed by atoms with Crippen molar-refractivity contribution in [3.63, 3.8) is 0 Å². The lowest BCUT2D eigenvalue weighted by Gasteiger charge is -2.13. The molecule has 0 rings (SSSR count). The number of alkyl halides is 2. The Bertz CT molecular complexity index is 246. The summed E-state index contributed by atoms with van der Waals surface area (Å²) in [6.45, 7) is 4.98. The molecule has 0 aliphatic heterocycles. The molecule has 76 valence electrons. The average Bonchev–Trinajstić information content (AvgIpc) is 1.82. The van der Waals surface area contributed by atoms with Crippen LogP contribution in [0.2, 0.25) is 0 Å². The lowest BCUT2D eigenvalue weighted by atomic mass is 10.1. The van der Waals surface area contributed by atoms with Crippen LogP contribution in [0, 0.1) is 15.3 Å². The predicted molar refractivity (Wildman–Crippen MR) is 53.4 cm³/mol. The number of hydrogen-bond donors (Lipinski definition) is 0. The molecule has 0 aromatic rings. The summed E-state index contributed by atoms with van der Waals surface area (Å²) in [5, 5.41) is 25.0. The molecule has 0 aliphatic rings. The maximum Gasteiger partial charge on any atom is 0.545 e. The van der Waals surface area contributed by atoms with E-state index >= 15 is 0 Å². The second-order valence-electron chi connectivity index (χ2n) is 3.31. The lowest BCUT2D eigenvalue weighted by molar-refractivity contribution is -0.745. The van der Waals surface area contributed by atoms with Crippen molar-refractivity contribution in [2.75, 3.05) is 0 Å². The molecule has 0 N–H and O–H groups in total. The van der Waals surface area contributed by atoms with Crippen LogP contribution in [-0.2, 0) is 0 Å². The normalized spacial score (nSPS) is 14.4. The second-order valence-corrected chi connectivity index (χ2v) is 6.59. The van der Waals surface area contributed by atoms with Crippen LogP contribution in [0.25, 0.3) is 0 Å². The maximum atomic E-state index is 11.1. The molecule has 0 atom stereocenters. The van der Waals surface area contributed by atoms with E-state index in [9.17, 15) is 15.3 Å². The molecule has 0 amide bonds. The van der Waals surface area contributed by atoms with Crippen molar-refractivity contribution < 1.29 is 9.78 Å². The van der Waals surface area contributed by atoms with Crippen LogP contribution in [0.15, 0.2) is 5.11 Å². The van der Waals surface area contributed by atoms with Gasteiger partial charge in [0.05, 0.1) is 0 Å². The molecule has 0 aromatic heterocycles. The molecule has 0 bridgehead atoms. The fraction of sp³-hybridized carbons (Fsp3) is 1.00. The van der Waals surface area contributed by atoms with Crippen molar-refractivity contribution in [3.05, 3.63) is 15.3 Å². The molecule has 0 radical (unpaired) electrons. The van der Waals surface area contributed by atoms with Gasteiger partial charge in [0.15, 0.2) is 0 Å². The van der Waals surface area contributed by atoms with Gasteiger partial charge < -0.3 is 5.21 Å². The Morgan fingerprint density at radius 3 is 1.85 bits per heavy atom. The Kier molecular flexibility index (Phi) is 3.80. The Balaban J connectivity index is 4.89. The third-order valence-corrected chi connectivity index (χ3v) is 2.03. The minimum Gasteiger partial charge on any atom is -0.593 e. The molecule has 0 aromatic carbocycles. The van der Waals surface area contributed by atoms with Crippen LogP contribution in [0.4, 0.5) is 0 Å². The monoisotopic (exact) mass is 317 g/mol. The molecule has 0 heterocycles. The summed E-state index contributed by atoms with van der Waals surface area (Å²) in [5.41, 5.74) is -0.662. The maximum absolute atomic E-state index is 11.1. The SMILES string of the molecule is CC(C)(C)N=[N+]([O-])C(Br)(Br)[N+](=O)[O-]. The zero-order valence-electron chi connectivity index (χ0n) is 7.32. The number of nitro groups is 1. The molecule has 0 saturated carbocycles. The van der Waals surface area contributed by atoms with Gasteiger partial charge in [0.2, 0.25) is 0 Å². The molecule has 8 heteroatoms. The summed E-state index contributed by atoms with van der Waals surface area (Å²) < 4.78 is -2.08. The standard InChI is InChI=1S/C5H9Br2N3O3/c1-4(2,3)8-9(11)5(6,7)10(12)13/h1-3H3. The zero-order valence-corrected chi connectivity index (χ0v) is 10.5. The van der Waals surface area contributed by atoms with Crippen molar-refractivity contribution in [2.45, 2.75) is 29.8 Å². The quantitative estimate of drug-likeness (QED) is 0.149. The van der Waals surface area contributed by atoms with E-state index in [-0.39, 0.29) is 4.86 Å². The molecular formula is C5H9Br2N3O3. The highest BCUT2D eigenvalue weighted by Crippen LogP contribution is 2.28. The van der Waals surface area contributed by atoms with Crippen LogP contribution >= 0.6 is 31.9 Å². The van der Waals surface area contributed by atoms with Gasteiger partial charge >= 0.3 is 3.48 Å². The average molecular weight is 319 g/mol. The molecule has 0 fully saturated rings. The smallest absolute Gasteiger partial charge is 0.545 e. The van der Waals surface area contributed by atoms with E-state index < -0.39 is 13.9 Å². The first-order valence-electron chi connectivity index (χ1n) is 3.30. The van der Waals surface area contributed by atoms with Crippen LogP contribution in [0.3, 0.4) is 0 Å². The summed E-state index contributed by atoms with van der Waals surface area (Å²) in [6.07, 6.45) is 0. The van der Waals surface area contributed by atoms with Crippen molar-refractivity contribution >= 4 is 31.9 Å². The van der Waals surface area contributed by atoms with Gasteiger partial charge in [0, 0.05) is 0 Å². The highest BCUT2D eigenvalue weighted by molar-refractivity contribution is 9.25. The second kappa shape index (κ2) is 3.87. The van der Waals surface area contributed by atoms with E-state index in [1.54, 1.807) is 20.8 Å². The van der Waals surface area contributed by atoms with Gasteiger partial charge in [-0.3, -0.25) is 10.1 Å². The van der Waals surface area contributed by atoms with E-state index in [2.05, 4.69) is 37.0 Å². The van der Waals surface area contributed by atoms with E-state index in [0.29, 0.717) is 0 Å². The van der Waals surface area contributed by atoms with Gasteiger partial charge in [-0.2, -0.15) is 0 Å². The fourth-order valence-electron chi connectivity index (χ4n) is 0.402. The van der Waals surface area contributed by atoms with Gasteiger partial charge in [0.25, 0.3) is 0 Å². The Labute approximate surface area is 92.0 Å². The first kappa shape index (κ1) is 12.8. The Morgan fingerprint density at radius 1 is 1.23 bits per heavy atom. The topological polar surface area (TPSA) is 81.6 Å². The number of azo groups is 1. The first-order valence-corrected chi connectivity index (χ1v) is 4.88. The Morgan fingerprint density at radius 2 is 1.62 bits per heavy atom. The number of hydroxylamine groups is 1. The van der Waals surface area contributed by atoms with E-state index in [1.807, 2.05) is 0 Å². The molecule has 0 spiro atoms. The summed E-state index contributed by atoms with van der Waals surface area (Å²) in [6, 6.07) is 0. The Hall–Kier alpha value is -0.240. The van der Waals surface area contributed by atoms with Crippen molar-refractivity contribution in [3.8, 4) is 0 Å². The molecule has 0 aliphatic carbocycles. The van der Waals surface area contributed by atoms with Gasteiger partial charge in [-0.05, 0) is 30.7 Å². The summed E-state index contributed by atoms with van der Waals surface area (Å²) in [4.78, 5) is 9.51. The summed E-state index contributed by atoms with van der Waals surface area (Å²) in [7, 11) is 0. The molecular weight excluding hydrogens is 310 g/mol. The minimum absolute atomic E-state index is 0.0208. The summed E-state index contributed by atoms with van der Waals surface area (Å²) >= 11 is 5.20. The van der Waals surface area contributed by atoms with E-state index in [0.717, 1.165) is 0 Å². The molecule has 6 nitrogen and oxygen atoms in total. The van der Waals surface area contributed by atoms with E-state index in [4.69, 9.17) is 0 Å². The third kappa shape index (κ3) is 3.99. The summed E-state index contributed by atoms with van der Waals surface area (Å²) in [5.74, 6) is 0. The zero-order chi connectivity index (χ0) is 10.9.